The highest BCUT2D eigenvalue weighted by molar-refractivity contribution is 8.00. The van der Waals surface area contributed by atoms with Crippen LogP contribution in [0.4, 0.5) is 5.69 Å². The van der Waals surface area contributed by atoms with Crippen LogP contribution in [0, 0.1) is 0 Å². The van der Waals surface area contributed by atoms with Crippen molar-refractivity contribution in [1.82, 2.24) is 9.97 Å². The Balaban J connectivity index is 0.000000774. The molecule has 0 aliphatic carbocycles. The van der Waals surface area contributed by atoms with Gasteiger partial charge in [-0.2, -0.15) is 0 Å². The van der Waals surface area contributed by atoms with E-state index in [0.717, 1.165) is 39.0 Å². The zero-order chi connectivity index (χ0) is 15.2. The quantitative estimate of drug-likeness (QED) is 0.621. The Morgan fingerprint density at radius 3 is 2.90 bits per heavy atom. The molecule has 0 amide bonds. The summed E-state index contributed by atoms with van der Waals surface area (Å²) in [5, 5.41) is 2.46. The second-order valence-corrected chi connectivity index (χ2v) is 5.21. The lowest BCUT2D eigenvalue weighted by Gasteiger charge is -2.04. The first-order chi connectivity index (χ1) is 10.3. The van der Waals surface area contributed by atoms with Gasteiger partial charge in [-0.25, -0.2) is 4.98 Å². The van der Waals surface area contributed by atoms with E-state index in [4.69, 9.17) is 16.0 Å². The number of halogens is 1. The predicted molar refractivity (Wildman–Crippen MR) is 90.0 cm³/mol. The molecule has 2 N–H and O–H groups in total. The normalized spacial score (nSPS) is 10.3. The van der Waals surface area contributed by atoms with Crippen LogP contribution in [0.2, 0.25) is 5.02 Å². The second-order valence-electron chi connectivity index (χ2n) is 4.00. The molecule has 112 valence electrons. The molecule has 0 radical (unpaired) electrons. The number of fused-ring (bicyclic) bond motifs is 1. The van der Waals surface area contributed by atoms with Gasteiger partial charge in [0.05, 0.1) is 22.4 Å². The molecule has 0 saturated carbocycles. The van der Waals surface area contributed by atoms with E-state index >= 15 is 0 Å². The number of H-pyrrole nitrogens is 1. The number of aromatic nitrogens is 2. The predicted octanol–water partition coefficient (Wildman–Crippen LogP) is 5.52. The molecule has 0 atom stereocenters. The topological polar surface area (TPSA) is 53.9 Å². The second kappa shape index (κ2) is 7.43. The maximum Gasteiger partial charge on any atom is 0.201 e. The Bertz CT molecular complexity index is 708. The number of benzene rings is 1. The first-order valence-corrected chi connectivity index (χ1v) is 8.10. The summed E-state index contributed by atoms with van der Waals surface area (Å²) in [7, 11) is 0. The van der Waals surface area contributed by atoms with Gasteiger partial charge in [0.2, 0.25) is 5.09 Å². The van der Waals surface area contributed by atoms with Gasteiger partial charge in [-0.15, -0.1) is 0 Å². The third kappa shape index (κ3) is 3.54. The molecule has 2 heterocycles. The Morgan fingerprint density at radius 1 is 1.38 bits per heavy atom. The summed E-state index contributed by atoms with van der Waals surface area (Å²) in [5.74, 6) is 0.741. The molecular formula is C15H18ClN3OS. The maximum atomic E-state index is 6.09. The van der Waals surface area contributed by atoms with Crippen molar-refractivity contribution in [3.63, 3.8) is 0 Å². The van der Waals surface area contributed by atoms with E-state index < -0.39 is 0 Å². The van der Waals surface area contributed by atoms with Gasteiger partial charge in [-0.1, -0.05) is 44.5 Å². The number of aryl methyl sites for hydroxylation is 1. The lowest BCUT2D eigenvalue weighted by atomic mass is 10.2. The van der Waals surface area contributed by atoms with E-state index in [1.165, 1.54) is 11.9 Å². The lowest BCUT2D eigenvalue weighted by Crippen LogP contribution is -1.86. The van der Waals surface area contributed by atoms with Crippen LogP contribution in [-0.2, 0) is 6.42 Å². The van der Waals surface area contributed by atoms with Crippen LogP contribution in [0.3, 0.4) is 0 Å². The van der Waals surface area contributed by atoms with Gasteiger partial charge in [-0.3, -0.25) is 0 Å². The zero-order valence-electron chi connectivity index (χ0n) is 12.2. The summed E-state index contributed by atoms with van der Waals surface area (Å²) >= 11 is 7.48. The van der Waals surface area contributed by atoms with E-state index in [1.54, 1.807) is 12.4 Å². The number of anilines is 1. The largest absolute Gasteiger partial charge is 0.433 e. The van der Waals surface area contributed by atoms with Gasteiger partial charge < -0.3 is 14.1 Å². The molecule has 4 nitrogen and oxygen atoms in total. The van der Waals surface area contributed by atoms with Gasteiger partial charge in [0.15, 0.2) is 5.89 Å². The molecule has 3 rings (SSSR count). The number of nitrogens with one attached hydrogen (secondary N) is 2. The molecule has 0 bridgehead atoms. The minimum atomic E-state index is 0.719. The monoisotopic (exact) mass is 323 g/mol. The number of para-hydroxylation sites is 1. The Kier molecular flexibility index (Phi) is 5.59. The summed E-state index contributed by atoms with van der Waals surface area (Å²) in [6, 6.07) is 5.93. The molecular weight excluding hydrogens is 306 g/mol. The van der Waals surface area contributed by atoms with Gasteiger partial charge >= 0.3 is 0 Å². The minimum Gasteiger partial charge on any atom is -0.433 e. The molecule has 21 heavy (non-hydrogen) atoms. The SMILES string of the molecule is CC.CCc1ncc(SNc2cccc3c(Cl)c[nH]c23)o1. The van der Waals surface area contributed by atoms with E-state index in [9.17, 15) is 0 Å². The molecule has 0 aliphatic rings. The fourth-order valence-corrected chi connectivity index (χ4v) is 2.65. The number of nitrogens with zero attached hydrogens (tertiary/aromatic N) is 1. The Labute approximate surface area is 133 Å². The van der Waals surface area contributed by atoms with E-state index in [-0.39, 0.29) is 0 Å². The van der Waals surface area contributed by atoms with Crippen molar-refractivity contribution in [2.45, 2.75) is 32.3 Å². The van der Waals surface area contributed by atoms with Crippen LogP contribution >= 0.6 is 23.5 Å². The molecule has 6 heteroatoms. The highest BCUT2D eigenvalue weighted by atomic mass is 35.5. The molecule has 0 saturated heterocycles. The molecule has 1 aromatic carbocycles. The van der Waals surface area contributed by atoms with E-state index in [1.807, 2.05) is 39.0 Å². The van der Waals surface area contributed by atoms with Crippen molar-refractivity contribution in [3.05, 3.63) is 41.5 Å². The van der Waals surface area contributed by atoms with Crippen LogP contribution in [0.5, 0.6) is 0 Å². The third-order valence-electron chi connectivity index (χ3n) is 2.76. The van der Waals surface area contributed by atoms with Crippen LogP contribution in [0.1, 0.15) is 26.7 Å². The Hall–Kier alpha value is -1.59. The fourth-order valence-electron chi connectivity index (χ4n) is 1.81. The summed E-state index contributed by atoms with van der Waals surface area (Å²) in [5.41, 5.74) is 1.94. The molecule has 0 fully saturated rings. The zero-order valence-corrected chi connectivity index (χ0v) is 13.8. The van der Waals surface area contributed by atoms with Crippen molar-refractivity contribution in [3.8, 4) is 0 Å². The Morgan fingerprint density at radius 2 is 2.19 bits per heavy atom. The summed E-state index contributed by atoms with van der Waals surface area (Å²) < 4.78 is 8.77. The van der Waals surface area contributed by atoms with Crippen LogP contribution in [-0.4, -0.2) is 9.97 Å². The smallest absolute Gasteiger partial charge is 0.201 e. The summed E-state index contributed by atoms with van der Waals surface area (Å²) in [6.45, 7) is 6.01. The standard InChI is InChI=1S/C13H12ClN3OS.C2H6/c1-2-11-15-7-12(18-11)19-17-10-5-3-4-8-9(14)6-16-13(8)10;1-2/h3-7,16-17H,2H2,1H3;1-2H3. The summed E-state index contributed by atoms with van der Waals surface area (Å²) in [6.07, 6.45) is 4.30. The van der Waals surface area contributed by atoms with E-state index in [0.29, 0.717) is 0 Å². The molecule has 0 aliphatic heterocycles. The molecule has 0 unspecified atom stereocenters. The first-order valence-electron chi connectivity index (χ1n) is 6.91. The average molecular weight is 324 g/mol. The van der Waals surface area contributed by atoms with Crippen molar-refractivity contribution >= 4 is 40.1 Å². The van der Waals surface area contributed by atoms with Crippen LogP contribution in [0.25, 0.3) is 10.9 Å². The van der Waals surface area contributed by atoms with Crippen LogP contribution < -0.4 is 4.72 Å². The highest BCUT2D eigenvalue weighted by Gasteiger charge is 2.07. The maximum absolute atomic E-state index is 6.09. The van der Waals surface area contributed by atoms with Crippen LogP contribution in [0.15, 0.2) is 40.1 Å². The van der Waals surface area contributed by atoms with Gasteiger partial charge in [0.1, 0.15) is 0 Å². The number of aromatic amines is 1. The number of hydrogen-bond donors (Lipinski definition) is 2. The van der Waals surface area contributed by atoms with Crippen molar-refractivity contribution < 1.29 is 4.42 Å². The lowest BCUT2D eigenvalue weighted by molar-refractivity contribution is 0.428. The fraction of sp³-hybridized carbons (Fsp3) is 0.267. The molecule has 0 spiro atoms. The summed E-state index contributed by atoms with van der Waals surface area (Å²) in [4.78, 5) is 7.31. The number of hydrogen-bond acceptors (Lipinski definition) is 4. The number of rotatable bonds is 4. The van der Waals surface area contributed by atoms with Gasteiger partial charge in [0.25, 0.3) is 0 Å². The number of oxazole rings is 1. The first kappa shape index (κ1) is 15.8. The van der Waals surface area contributed by atoms with Crippen molar-refractivity contribution in [2.24, 2.45) is 0 Å². The minimum absolute atomic E-state index is 0.719. The van der Waals surface area contributed by atoms with Gasteiger partial charge in [-0.05, 0) is 6.07 Å². The van der Waals surface area contributed by atoms with Crippen molar-refractivity contribution in [1.29, 1.82) is 0 Å². The third-order valence-corrected chi connectivity index (χ3v) is 3.79. The average Bonchev–Trinajstić information content (AvgIpc) is 3.15. The molecule has 3 aromatic rings. The van der Waals surface area contributed by atoms with Crippen molar-refractivity contribution in [2.75, 3.05) is 4.72 Å². The molecule has 2 aromatic heterocycles. The van der Waals surface area contributed by atoms with E-state index in [2.05, 4.69) is 14.7 Å². The van der Waals surface area contributed by atoms with Gasteiger partial charge in [0, 0.05) is 30.0 Å². The highest BCUT2D eigenvalue weighted by Crippen LogP contribution is 2.31.